The fourth-order valence-corrected chi connectivity index (χ4v) is 1.91. The molecule has 1 rings (SSSR count). The Morgan fingerprint density at radius 1 is 1.56 bits per heavy atom. The average Bonchev–Trinajstić information content (AvgIpc) is 2.27. The Hall–Kier alpha value is -0.700. The quantitative estimate of drug-likeness (QED) is 0.832. The lowest BCUT2D eigenvalue weighted by atomic mass is 10.4. The highest BCUT2D eigenvalue weighted by Gasteiger charge is 2.29. The minimum Gasteiger partial charge on any atom is -0.382 e. The van der Waals surface area contributed by atoms with Crippen molar-refractivity contribution in [2.75, 3.05) is 23.9 Å². The normalized spacial score (nSPS) is 11.6. The summed E-state index contributed by atoms with van der Waals surface area (Å²) in [4.78, 5) is 11.6. The predicted octanol–water partition coefficient (Wildman–Crippen LogP) is 2.34. The molecule has 0 aliphatic rings. The predicted molar refractivity (Wildman–Crippen MR) is 69.1 cm³/mol. The van der Waals surface area contributed by atoms with Crippen LogP contribution in [0.5, 0.6) is 0 Å². The van der Waals surface area contributed by atoms with Gasteiger partial charge in [0, 0.05) is 12.3 Å². The molecule has 1 aromatic rings. The van der Waals surface area contributed by atoms with Gasteiger partial charge < -0.3 is 5.32 Å². The fraction of sp³-hybridized carbons (Fsp3) is 0.556. The van der Waals surface area contributed by atoms with Gasteiger partial charge in [0.25, 0.3) is 5.56 Å². The molecule has 1 aromatic heterocycles. The fourth-order valence-electron chi connectivity index (χ4n) is 1.16. The molecule has 102 valence electrons. The number of hydrogen-bond acceptors (Lipinski definition) is 4. The maximum absolute atomic E-state index is 12.2. The summed E-state index contributed by atoms with van der Waals surface area (Å²) in [6.45, 7) is -0.792. The number of halogens is 4. The molecule has 9 heteroatoms. The number of nitrogens with zero attached hydrogens (tertiary/aromatic N) is 2. The van der Waals surface area contributed by atoms with Gasteiger partial charge >= 0.3 is 6.18 Å². The van der Waals surface area contributed by atoms with Crippen molar-refractivity contribution in [1.82, 2.24) is 9.78 Å². The lowest BCUT2D eigenvalue weighted by molar-refractivity contribution is -0.143. The van der Waals surface area contributed by atoms with Crippen LogP contribution in [0.1, 0.15) is 0 Å². The second-order valence-corrected chi connectivity index (χ2v) is 5.15. The molecule has 0 amide bonds. The summed E-state index contributed by atoms with van der Waals surface area (Å²) in [5, 5.41) is 6.41. The number of thioether (sulfide) groups is 1. The SMILES string of the molecule is CSCCNc1cnn(CC(F)(F)F)c(=O)c1Br. The number of rotatable bonds is 5. The van der Waals surface area contributed by atoms with Gasteiger partial charge in [-0.3, -0.25) is 4.79 Å². The molecule has 0 saturated carbocycles. The molecule has 0 spiro atoms. The van der Waals surface area contributed by atoms with Gasteiger partial charge in [0.15, 0.2) is 0 Å². The summed E-state index contributed by atoms with van der Waals surface area (Å²) < 4.78 is 36.9. The largest absolute Gasteiger partial charge is 0.408 e. The van der Waals surface area contributed by atoms with Crippen LogP contribution >= 0.6 is 27.7 Å². The van der Waals surface area contributed by atoms with E-state index in [9.17, 15) is 18.0 Å². The third-order valence-electron chi connectivity index (χ3n) is 1.94. The molecule has 0 radical (unpaired) electrons. The van der Waals surface area contributed by atoms with Crippen LogP contribution in [0.15, 0.2) is 15.5 Å². The van der Waals surface area contributed by atoms with E-state index in [2.05, 4.69) is 26.3 Å². The average molecular weight is 346 g/mol. The third kappa shape index (κ3) is 4.52. The van der Waals surface area contributed by atoms with Gasteiger partial charge in [-0.1, -0.05) is 0 Å². The van der Waals surface area contributed by atoms with E-state index in [0.717, 1.165) is 5.75 Å². The van der Waals surface area contributed by atoms with Crippen LogP contribution in [0.2, 0.25) is 0 Å². The van der Waals surface area contributed by atoms with Crippen molar-refractivity contribution in [1.29, 1.82) is 0 Å². The molecule has 1 N–H and O–H groups in total. The van der Waals surface area contributed by atoms with Crippen molar-refractivity contribution in [3.63, 3.8) is 0 Å². The van der Waals surface area contributed by atoms with Gasteiger partial charge in [-0.25, -0.2) is 4.68 Å². The summed E-state index contributed by atoms with van der Waals surface area (Å²) in [6, 6.07) is 0. The Morgan fingerprint density at radius 2 is 2.22 bits per heavy atom. The van der Waals surface area contributed by atoms with Crippen molar-refractivity contribution in [3.8, 4) is 0 Å². The Kier molecular flexibility index (Phi) is 5.51. The molecule has 0 atom stereocenters. The molecule has 0 fully saturated rings. The first-order valence-electron chi connectivity index (χ1n) is 4.90. The first kappa shape index (κ1) is 15.4. The van der Waals surface area contributed by atoms with Gasteiger partial charge in [-0.15, -0.1) is 0 Å². The molecule has 0 unspecified atom stereocenters. The third-order valence-corrected chi connectivity index (χ3v) is 3.31. The van der Waals surface area contributed by atoms with Crippen LogP contribution in [0.4, 0.5) is 18.9 Å². The second-order valence-electron chi connectivity index (χ2n) is 3.37. The second kappa shape index (κ2) is 6.46. The van der Waals surface area contributed by atoms with Gasteiger partial charge in [-0.2, -0.15) is 30.0 Å². The van der Waals surface area contributed by atoms with E-state index in [-0.39, 0.29) is 4.47 Å². The van der Waals surface area contributed by atoms with Crippen molar-refractivity contribution in [2.24, 2.45) is 0 Å². The molecule has 0 aliphatic heterocycles. The summed E-state index contributed by atoms with van der Waals surface area (Å²) in [5.74, 6) is 0.818. The highest BCUT2D eigenvalue weighted by molar-refractivity contribution is 9.10. The molecule has 0 saturated heterocycles. The van der Waals surface area contributed by atoms with E-state index in [1.807, 2.05) is 6.26 Å². The highest BCUT2D eigenvalue weighted by Crippen LogP contribution is 2.19. The zero-order valence-corrected chi connectivity index (χ0v) is 11.8. The highest BCUT2D eigenvalue weighted by atomic mass is 79.9. The van der Waals surface area contributed by atoms with Crippen LogP contribution in [0, 0.1) is 0 Å². The lowest BCUT2D eigenvalue weighted by Crippen LogP contribution is -2.31. The van der Waals surface area contributed by atoms with E-state index < -0.39 is 18.3 Å². The Bertz CT molecular complexity index is 463. The minimum absolute atomic E-state index is 0.0582. The number of alkyl halides is 3. The first-order chi connectivity index (χ1) is 8.35. The molecule has 18 heavy (non-hydrogen) atoms. The Morgan fingerprint density at radius 3 is 2.78 bits per heavy atom. The van der Waals surface area contributed by atoms with Crippen LogP contribution in [-0.4, -0.2) is 34.5 Å². The first-order valence-corrected chi connectivity index (χ1v) is 7.09. The molecule has 1 heterocycles. The van der Waals surface area contributed by atoms with E-state index in [1.54, 1.807) is 11.8 Å². The van der Waals surface area contributed by atoms with Crippen molar-refractivity contribution < 1.29 is 13.2 Å². The van der Waals surface area contributed by atoms with Crippen molar-refractivity contribution >= 4 is 33.4 Å². The van der Waals surface area contributed by atoms with E-state index in [0.29, 0.717) is 16.9 Å². The number of nitrogens with one attached hydrogen (secondary N) is 1. The van der Waals surface area contributed by atoms with Gasteiger partial charge in [0.05, 0.1) is 11.9 Å². The molecule has 0 aliphatic carbocycles. The van der Waals surface area contributed by atoms with Crippen LogP contribution in [0.25, 0.3) is 0 Å². The molecule has 0 aromatic carbocycles. The smallest absolute Gasteiger partial charge is 0.382 e. The minimum atomic E-state index is -4.47. The molecular weight excluding hydrogens is 335 g/mol. The number of anilines is 1. The van der Waals surface area contributed by atoms with Gasteiger partial charge in [0.1, 0.15) is 11.0 Å². The standard InChI is InChI=1S/C9H11BrF3N3OS/c1-18-3-2-14-6-4-15-16(5-9(11,12)13)8(17)7(6)10/h4,14H,2-3,5H2,1H3. The maximum atomic E-state index is 12.2. The van der Waals surface area contributed by atoms with Crippen LogP contribution < -0.4 is 10.9 Å². The molecule has 4 nitrogen and oxygen atoms in total. The summed E-state index contributed by atoms with van der Waals surface area (Å²) in [5.41, 5.74) is -0.408. The van der Waals surface area contributed by atoms with E-state index >= 15 is 0 Å². The van der Waals surface area contributed by atoms with Crippen LogP contribution in [0.3, 0.4) is 0 Å². The summed E-state index contributed by atoms with van der Waals surface area (Å²) in [6.07, 6.45) is -1.34. The monoisotopic (exact) mass is 345 g/mol. The molecule has 0 bridgehead atoms. The number of hydrogen-bond donors (Lipinski definition) is 1. The van der Waals surface area contributed by atoms with E-state index in [1.165, 1.54) is 6.20 Å². The van der Waals surface area contributed by atoms with Gasteiger partial charge in [0.2, 0.25) is 0 Å². The zero-order valence-electron chi connectivity index (χ0n) is 9.42. The Labute approximate surface area is 114 Å². The van der Waals surface area contributed by atoms with Gasteiger partial charge in [-0.05, 0) is 22.2 Å². The van der Waals surface area contributed by atoms with Crippen molar-refractivity contribution in [3.05, 3.63) is 21.0 Å². The Balaban J connectivity index is 2.88. The van der Waals surface area contributed by atoms with Crippen molar-refractivity contribution in [2.45, 2.75) is 12.7 Å². The maximum Gasteiger partial charge on any atom is 0.408 e. The molecular formula is C9H11BrF3N3OS. The summed E-state index contributed by atoms with van der Waals surface area (Å²) >= 11 is 4.59. The summed E-state index contributed by atoms with van der Waals surface area (Å²) in [7, 11) is 0. The van der Waals surface area contributed by atoms with Crippen LogP contribution in [-0.2, 0) is 6.54 Å². The van der Waals surface area contributed by atoms with E-state index in [4.69, 9.17) is 0 Å². The number of aromatic nitrogens is 2. The zero-order chi connectivity index (χ0) is 13.8. The topological polar surface area (TPSA) is 46.9 Å². The lowest BCUT2D eigenvalue weighted by Gasteiger charge is -2.11.